The summed E-state index contributed by atoms with van der Waals surface area (Å²) in [6.07, 6.45) is 4.66. The molecule has 25 heavy (non-hydrogen) atoms. The van der Waals surface area contributed by atoms with Crippen LogP contribution in [0.25, 0.3) is 0 Å². The maximum Gasteiger partial charge on any atom is 0.336 e. The molecule has 0 saturated heterocycles. The zero-order valence-electron chi connectivity index (χ0n) is 15.2. The number of carbonyl (C=O) groups excluding carboxylic acids is 2. The third-order valence-corrected chi connectivity index (χ3v) is 4.75. The van der Waals surface area contributed by atoms with Crippen LogP contribution in [-0.2, 0) is 14.3 Å². The first-order valence-corrected chi connectivity index (χ1v) is 8.65. The Kier molecular flexibility index (Phi) is 4.50. The number of ketones is 1. The monoisotopic (exact) mass is 340 g/mol. The Morgan fingerprint density at radius 2 is 2.16 bits per heavy atom. The van der Waals surface area contributed by atoms with Gasteiger partial charge in [-0.2, -0.15) is 0 Å². The Bertz CT molecular complexity index is 775. The molecule has 3 rings (SSSR count). The lowest BCUT2D eigenvalue weighted by Gasteiger charge is -2.39. The van der Waals surface area contributed by atoms with Crippen molar-refractivity contribution >= 4 is 11.8 Å². The van der Waals surface area contributed by atoms with E-state index >= 15 is 0 Å². The number of allylic oxidation sites excluding steroid dienone is 3. The molecule has 1 N–H and O–H groups in total. The van der Waals surface area contributed by atoms with Gasteiger partial charge < -0.3 is 10.1 Å². The average Bonchev–Trinajstić information content (AvgIpc) is 2.53. The van der Waals surface area contributed by atoms with Gasteiger partial charge in [-0.05, 0) is 37.3 Å². The predicted molar refractivity (Wildman–Crippen MR) is 94.5 cm³/mol. The van der Waals surface area contributed by atoms with Gasteiger partial charge in [-0.1, -0.05) is 19.9 Å². The van der Waals surface area contributed by atoms with Crippen LogP contribution >= 0.6 is 0 Å². The molecule has 0 spiro atoms. The average molecular weight is 340 g/mol. The topological polar surface area (TPSA) is 68.3 Å². The van der Waals surface area contributed by atoms with Gasteiger partial charge in [0.25, 0.3) is 0 Å². The molecule has 0 bridgehead atoms. The Balaban J connectivity index is 2.16. The van der Waals surface area contributed by atoms with E-state index in [1.165, 1.54) is 0 Å². The lowest BCUT2D eigenvalue weighted by molar-refractivity contribution is -0.138. The van der Waals surface area contributed by atoms with Crippen molar-refractivity contribution in [2.45, 2.75) is 46.5 Å². The number of ether oxygens (including phenoxy) is 1. The summed E-state index contributed by atoms with van der Waals surface area (Å²) in [7, 11) is 0. The molecule has 5 nitrogen and oxygen atoms in total. The van der Waals surface area contributed by atoms with Crippen LogP contribution in [0.4, 0.5) is 0 Å². The van der Waals surface area contributed by atoms with Gasteiger partial charge in [-0.25, -0.2) is 4.79 Å². The first-order valence-electron chi connectivity index (χ1n) is 8.65. The van der Waals surface area contributed by atoms with Gasteiger partial charge in [0.2, 0.25) is 0 Å². The first-order chi connectivity index (χ1) is 11.8. The molecule has 0 saturated carbocycles. The summed E-state index contributed by atoms with van der Waals surface area (Å²) in [6, 6.07) is 3.74. The van der Waals surface area contributed by atoms with Gasteiger partial charge in [-0.15, -0.1) is 0 Å². The van der Waals surface area contributed by atoms with Crippen molar-refractivity contribution in [2.24, 2.45) is 5.41 Å². The van der Waals surface area contributed by atoms with Crippen LogP contribution in [0, 0.1) is 5.41 Å². The maximum atomic E-state index is 13.0. The minimum Gasteiger partial charge on any atom is -0.463 e. The molecule has 1 aliphatic heterocycles. The quantitative estimate of drug-likeness (QED) is 0.856. The van der Waals surface area contributed by atoms with Crippen molar-refractivity contribution < 1.29 is 14.3 Å². The molecule has 1 aliphatic carbocycles. The zero-order valence-corrected chi connectivity index (χ0v) is 15.2. The zero-order chi connectivity index (χ0) is 18.2. The fourth-order valence-electron chi connectivity index (χ4n) is 3.80. The Morgan fingerprint density at radius 1 is 1.40 bits per heavy atom. The summed E-state index contributed by atoms with van der Waals surface area (Å²) in [6.45, 7) is 8.13. The maximum absolute atomic E-state index is 13.0. The highest BCUT2D eigenvalue weighted by molar-refractivity contribution is 6.04. The summed E-state index contributed by atoms with van der Waals surface area (Å²) in [5, 5.41) is 3.31. The third kappa shape index (κ3) is 3.23. The number of pyridine rings is 1. The summed E-state index contributed by atoms with van der Waals surface area (Å²) in [4.78, 5) is 29.8. The molecule has 0 aromatic carbocycles. The molecule has 1 aromatic heterocycles. The number of nitrogens with zero attached hydrogens (tertiary/aromatic N) is 1. The van der Waals surface area contributed by atoms with E-state index in [2.05, 4.69) is 24.1 Å². The molecule has 1 aromatic rings. The summed E-state index contributed by atoms with van der Waals surface area (Å²) in [5.41, 5.74) is 3.59. The van der Waals surface area contributed by atoms with Crippen molar-refractivity contribution in [3.63, 3.8) is 0 Å². The molecule has 0 unspecified atom stereocenters. The van der Waals surface area contributed by atoms with Gasteiger partial charge in [-0.3, -0.25) is 9.78 Å². The molecule has 5 heteroatoms. The minimum absolute atomic E-state index is 0.0851. The van der Waals surface area contributed by atoms with E-state index < -0.39 is 5.92 Å². The molecule has 0 fully saturated rings. The summed E-state index contributed by atoms with van der Waals surface area (Å²) >= 11 is 0. The summed E-state index contributed by atoms with van der Waals surface area (Å²) < 4.78 is 5.27. The van der Waals surface area contributed by atoms with Crippen LogP contribution < -0.4 is 5.32 Å². The second-order valence-electron chi connectivity index (χ2n) is 7.44. The van der Waals surface area contributed by atoms with Gasteiger partial charge in [0.15, 0.2) is 5.78 Å². The molecule has 0 amide bonds. The number of carbonyl (C=O) groups is 2. The lowest BCUT2D eigenvalue weighted by Crippen LogP contribution is -2.38. The lowest BCUT2D eigenvalue weighted by atomic mass is 9.69. The minimum atomic E-state index is -0.424. The largest absolute Gasteiger partial charge is 0.463 e. The fourth-order valence-corrected chi connectivity index (χ4v) is 3.80. The SMILES string of the molecule is CCOC(=O)C1=C(C)NC2=C(C(=O)CC(C)(C)C2)[C@H]1c1cccnc1. The van der Waals surface area contributed by atoms with Crippen molar-refractivity contribution in [1.82, 2.24) is 10.3 Å². The number of hydrogen-bond acceptors (Lipinski definition) is 5. The van der Waals surface area contributed by atoms with E-state index in [-0.39, 0.29) is 17.2 Å². The van der Waals surface area contributed by atoms with Crippen LogP contribution in [0.2, 0.25) is 0 Å². The molecular formula is C20H24N2O3. The second kappa shape index (κ2) is 6.47. The Hall–Kier alpha value is -2.43. The van der Waals surface area contributed by atoms with Gasteiger partial charge >= 0.3 is 5.97 Å². The van der Waals surface area contributed by atoms with Crippen molar-refractivity contribution in [1.29, 1.82) is 0 Å². The van der Waals surface area contributed by atoms with E-state index in [9.17, 15) is 9.59 Å². The number of dihydropyridines is 1. The molecule has 1 atom stereocenters. The van der Waals surface area contributed by atoms with Gasteiger partial charge in [0.05, 0.1) is 12.2 Å². The summed E-state index contributed by atoms with van der Waals surface area (Å²) in [5.74, 6) is -0.722. The highest BCUT2D eigenvalue weighted by atomic mass is 16.5. The van der Waals surface area contributed by atoms with Crippen LogP contribution in [0.15, 0.2) is 47.1 Å². The molecule has 2 heterocycles. The predicted octanol–water partition coefficient (Wildman–Crippen LogP) is 3.25. The standard InChI is InChI=1S/C20H24N2O3/c1-5-25-19(24)16-12(2)22-14-9-20(3,4)10-15(23)18(14)17(16)13-7-6-8-21-11-13/h6-8,11,17,22H,5,9-10H2,1-4H3/t17-/m0/s1. The number of esters is 1. The highest BCUT2D eigenvalue weighted by Gasteiger charge is 2.43. The van der Waals surface area contributed by atoms with Crippen LogP contribution in [0.5, 0.6) is 0 Å². The Labute approximate surface area is 148 Å². The van der Waals surface area contributed by atoms with Gasteiger partial charge in [0.1, 0.15) is 0 Å². The van der Waals surface area contributed by atoms with E-state index in [1.54, 1.807) is 19.3 Å². The van der Waals surface area contributed by atoms with E-state index in [0.717, 1.165) is 23.4 Å². The normalized spacial score (nSPS) is 22.4. The number of rotatable bonds is 3. The third-order valence-electron chi connectivity index (χ3n) is 4.75. The van der Waals surface area contributed by atoms with E-state index in [1.807, 2.05) is 19.1 Å². The van der Waals surface area contributed by atoms with Crippen LogP contribution in [0.3, 0.4) is 0 Å². The first kappa shape index (κ1) is 17.4. The molecule has 2 aliphatic rings. The highest BCUT2D eigenvalue weighted by Crippen LogP contribution is 2.46. The smallest absolute Gasteiger partial charge is 0.336 e. The second-order valence-corrected chi connectivity index (χ2v) is 7.44. The van der Waals surface area contributed by atoms with Crippen molar-refractivity contribution in [3.05, 3.63) is 52.6 Å². The number of hydrogen-bond donors (Lipinski definition) is 1. The van der Waals surface area contributed by atoms with E-state index in [0.29, 0.717) is 24.2 Å². The number of aromatic nitrogens is 1. The van der Waals surface area contributed by atoms with Crippen molar-refractivity contribution in [2.75, 3.05) is 6.61 Å². The molecule has 132 valence electrons. The van der Waals surface area contributed by atoms with Crippen molar-refractivity contribution in [3.8, 4) is 0 Å². The van der Waals surface area contributed by atoms with Gasteiger partial charge in [0, 0.05) is 41.7 Å². The van der Waals surface area contributed by atoms with Crippen LogP contribution in [0.1, 0.15) is 52.0 Å². The number of nitrogens with one attached hydrogen (secondary N) is 1. The van der Waals surface area contributed by atoms with E-state index in [4.69, 9.17) is 4.74 Å². The molecular weight excluding hydrogens is 316 g/mol. The number of Topliss-reactive ketones (excluding diaryl/α,β-unsaturated/α-hetero) is 1. The van der Waals surface area contributed by atoms with Crippen LogP contribution in [-0.4, -0.2) is 23.3 Å². The Morgan fingerprint density at radius 3 is 2.80 bits per heavy atom. The fraction of sp³-hybridized carbons (Fsp3) is 0.450. The molecule has 0 radical (unpaired) electrons.